The molecule has 0 bridgehead atoms. The van der Waals surface area contributed by atoms with Crippen LogP contribution < -0.4 is 10.6 Å². The van der Waals surface area contributed by atoms with Crippen molar-refractivity contribution in [3.05, 3.63) is 29.1 Å². The molecular weight excluding hydrogens is 226 g/mol. The van der Waals surface area contributed by atoms with E-state index >= 15 is 0 Å². The topological polar surface area (TPSA) is 73.1 Å². The molecule has 0 saturated carbocycles. The normalized spacial score (nSPS) is 18.7. The summed E-state index contributed by atoms with van der Waals surface area (Å²) in [6, 6.07) is 2.32. The van der Waals surface area contributed by atoms with Gasteiger partial charge in [0.05, 0.1) is 11.7 Å². The molecule has 0 radical (unpaired) electrons. The number of nitrogens with zero attached hydrogens (tertiary/aromatic N) is 3. The van der Waals surface area contributed by atoms with Gasteiger partial charge in [0.25, 0.3) is 0 Å². The summed E-state index contributed by atoms with van der Waals surface area (Å²) >= 11 is 0. The fourth-order valence-corrected chi connectivity index (χ4v) is 2.30. The van der Waals surface area contributed by atoms with Crippen LogP contribution in [0.3, 0.4) is 0 Å². The Kier molecular flexibility index (Phi) is 3.78. The zero-order chi connectivity index (χ0) is 13.0. The van der Waals surface area contributed by atoms with Crippen LogP contribution in [0.25, 0.3) is 0 Å². The van der Waals surface area contributed by atoms with Crippen molar-refractivity contribution < 1.29 is 0 Å². The maximum Gasteiger partial charge on any atom is 0.204 e. The third-order valence-corrected chi connectivity index (χ3v) is 3.12. The number of aromatic nitrogens is 1. The first-order valence-electron chi connectivity index (χ1n) is 6.08. The third-order valence-electron chi connectivity index (χ3n) is 3.12. The molecule has 0 unspecified atom stereocenters. The number of aliphatic imine (C=N–C) groups is 1. The fraction of sp³-hybridized carbons (Fsp3) is 0.462. The molecule has 5 heteroatoms. The molecule has 1 atom stereocenters. The summed E-state index contributed by atoms with van der Waals surface area (Å²) in [4.78, 5) is 8.53. The molecule has 0 aromatic carbocycles. The zero-order valence-corrected chi connectivity index (χ0v) is 10.7. The van der Waals surface area contributed by atoms with Crippen LogP contribution in [-0.4, -0.2) is 18.0 Å². The molecule has 1 aromatic heterocycles. The Bertz CT molecular complexity index is 501. The molecule has 1 aliphatic rings. The van der Waals surface area contributed by atoms with Crippen molar-refractivity contribution in [3.8, 4) is 6.19 Å². The van der Waals surface area contributed by atoms with Crippen LogP contribution >= 0.6 is 0 Å². The molecule has 1 aromatic rings. The van der Waals surface area contributed by atoms with Gasteiger partial charge in [0.2, 0.25) is 5.96 Å². The van der Waals surface area contributed by atoms with E-state index in [-0.39, 0.29) is 6.04 Å². The summed E-state index contributed by atoms with van der Waals surface area (Å²) in [6.45, 7) is 2.06. The molecule has 2 N–H and O–H groups in total. The molecule has 1 heterocycles. The summed E-state index contributed by atoms with van der Waals surface area (Å²) in [5.41, 5.74) is 3.56. The van der Waals surface area contributed by atoms with E-state index in [0.717, 1.165) is 25.0 Å². The van der Waals surface area contributed by atoms with Crippen molar-refractivity contribution in [2.45, 2.75) is 32.2 Å². The molecule has 18 heavy (non-hydrogen) atoms. The smallest absolute Gasteiger partial charge is 0.204 e. The van der Waals surface area contributed by atoms with Crippen LogP contribution in [0.5, 0.6) is 0 Å². The van der Waals surface area contributed by atoms with Crippen molar-refractivity contribution in [3.63, 3.8) is 0 Å². The standard InChI is InChI=1S/C13H17N5/c1-9-6-10-4-3-5-11(12(10)16-7-9)18-13(15-2)17-8-14/h6-7,11H,3-5H2,1-2H3,(H2,15,17,18)/t11-/m0/s1. The zero-order valence-electron chi connectivity index (χ0n) is 10.7. The molecule has 0 fully saturated rings. The van der Waals surface area contributed by atoms with Crippen molar-refractivity contribution >= 4 is 5.96 Å². The molecule has 2 rings (SSSR count). The minimum absolute atomic E-state index is 0.133. The monoisotopic (exact) mass is 243 g/mol. The molecule has 0 spiro atoms. The first kappa shape index (κ1) is 12.4. The van der Waals surface area contributed by atoms with Gasteiger partial charge in [-0.05, 0) is 37.3 Å². The summed E-state index contributed by atoms with van der Waals surface area (Å²) in [5.74, 6) is 0.498. The highest BCUT2D eigenvalue weighted by Gasteiger charge is 2.22. The van der Waals surface area contributed by atoms with Crippen molar-refractivity contribution in [1.82, 2.24) is 15.6 Å². The number of guanidine groups is 1. The van der Waals surface area contributed by atoms with Gasteiger partial charge in [-0.25, -0.2) is 0 Å². The Labute approximate surface area is 107 Å². The number of nitrogens with one attached hydrogen (secondary N) is 2. The summed E-state index contributed by atoms with van der Waals surface area (Å²) < 4.78 is 0. The lowest BCUT2D eigenvalue weighted by Gasteiger charge is -2.26. The summed E-state index contributed by atoms with van der Waals surface area (Å²) in [7, 11) is 1.65. The molecule has 0 amide bonds. The van der Waals surface area contributed by atoms with Crippen LogP contribution in [0.2, 0.25) is 0 Å². The van der Waals surface area contributed by atoms with E-state index in [4.69, 9.17) is 5.26 Å². The summed E-state index contributed by atoms with van der Waals surface area (Å²) in [6.07, 6.45) is 6.98. The van der Waals surface area contributed by atoms with Crippen LogP contribution in [0.4, 0.5) is 0 Å². The lowest BCUT2D eigenvalue weighted by molar-refractivity contribution is 0.508. The van der Waals surface area contributed by atoms with Gasteiger partial charge in [0, 0.05) is 13.2 Å². The predicted octanol–water partition coefficient (Wildman–Crippen LogP) is 1.41. The third kappa shape index (κ3) is 2.59. The average Bonchev–Trinajstić information content (AvgIpc) is 2.38. The minimum atomic E-state index is 0.133. The van der Waals surface area contributed by atoms with E-state index in [1.165, 1.54) is 11.1 Å². The largest absolute Gasteiger partial charge is 0.347 e. The summed E-state index contributed by atoms with van der Waals surface area (Å²) in [5, 5.41) is 14.4. The maximum absolute atomic E-state index is 8.63. The van der Waals surface area contributed by atoms with Crippen LogP contribution in [0, 0.1) is 18.4 Å². The van der Waals surface area contributed by atoms with Crippen LogP contribution in [-0.2, 0) is 6.42 Å². The average molecular weight is 243 g/mol. The first-order chi connectivity index (χ1) is 8.74. The van der Waals surface area contributed by atoms with Gasteiger partial charge >= 0.3 is 0 Å². The fourth-order valence-electron chi connectivity index (χ4n) is 2.30. The van der Waals surface area contributed by atoms with Crippen LogP contribution in [0.15, 0.2) is 17.3 Å². The molecule has 0 saturated heterocycles. The van der Waals surface area contributed by atoms with Gasteiger partial charge in [-0.3, -0.25) is 15.3 Å². The second-order valence-corrected chi connectivity index (χ2v) is 4.46. The second-order valence-electron chi connectivity index (χ2n) is 4.46. The Hall–Kier alpha value is -2.09. The highest BCUT2D eigenvalue weighted by atomic mass is 15.2. The second kappa shape index (κ2) is 5.50. The van der Waals surface area contributed by atoms with E-state index in [1.54, 1.807) is 7.05 Å². The quantitative estimate of drug-likeness (QED) is 0.338. The van der Waals surface area contributed by atoms with Gasteiger partial charge < -0.3 is 5.32 Å². The van der Waals surface area contributed by atoms with Crippen molar-refractivity contribution in [2.24, 2.45) is 4.99 Å². The van der Waals surface area contributed by atoms with E-state index in [2.05, 4.69) is 33.6 Å². The number of hydrogen-bond acceptors (Lipinski definition) is 3. The number of hydrogen-bond donors (Lipinski definition) is 2. The maximum atomic E-state index is 8.63. The van der Waals surface area contributed by atoms with Crippen molar-refractivity contribution in [2.75, 3.05) is 7.05 Å². The van der Waals surface area contributed by atoms with Crippen molar-refractivity contribution in [1.29, 1.82) is 5.26 Å². The van der Waals surface area contributed by atoms with Gasteiger partial charge in [-0.1, -0.05) is 6.07 Å². The van der Waals surface area contributed by atoms with Crippen LogP contribution in [0.1, 0.15) is 35.7 Å². The predicted molar refractivity (Wildman–Crippen MR) is 69.9 cm³/mol. The van der Waals surface area contributed by atoms with E-state index in [9.17, 15) is 0 Å². The Balaban J connectivity index is 2.20. The number of fused-ring (bicyclic) bond motifs is 1. The highest BCUT2D eigenvalue weighted by Crippen LogP contribution is 2.28. The van der Waals surface area contributed by atoms with E-state index in [1.807, 2.05) is 12.4 Å². The number of rotatable bonds is 1. The first-order valence-corrected chi connectivity index (χ1v) is 6.08. The lowest BCUT2D eigenvalue weighted by atomic mass is 9.91. The van der Waals surface area contributed by atoms with Gasteiger partial charge in [-0.2, -0.15) is 5.26 Å². The minimum Gasteiger partial charge on any atom is -0.347 e. The van der Waals surface area contributed by atoms with Gasteiger partial charge in [-0.15, -0.1) is 0 Å². The number of aryl methyl sites for hydroxylation is 2. The van der Waals surface area contributed by atoms with Gasteiger partial charge in [0.15, 0.2) is 6.19 Å². The molecule has 5 nitrogen and oxygen atoms in total. The Morgan fingerprint density at radius 2 is 2.44 bits per heavy atom. The lowest BCUT2D eigenvalue weighted by Crippen LogP contribution is -2.38. The van der Waals surface area contributed by atoms with E-state index in [0.29, 0.717) is 5.96 Å². The molecule has 0 aliphatic heterocycles. The molecular formula is C13H17N5. The number of nitriles is 1. The highest BCUT2D eigenvalue weighted by molar-refractivity contribution is 5.81. The van der Waals surface area contributed by atoms with Gasteiger partial charge in [0.1, 0.15) is 0 Å². The Morgan fingerprint density at radius 1 is 1.61 bits per heavy atom. The Morgan fingerprint density at radius 3 is 3.17 bits per heavy atom. The number of pyridine rings is 1. The molecule has 1 aliphatic carbocycles. The molecule has 94 valence electrons. The van der Waals surface area contributed by atoms with E-state index < -0.39 is 0 Å². The SMILES string of the molecule is CN=C(NC#N)N[C@H]1CCCc2cc(C)cnc21.